The van der Waals surface area contributed by atoms with Crippen molar-refractivity contribution >= 4 is 35.3 Å². The van der Waals surface area contributed by atoms with E-state index in [-0.39, 0.29) is 16.8 Å². The molecular weight excluding hydrogens is 296 g/mol. The summed E-state index contributed by atoms with van der Waals surface area (Å²) in [6.45, 7) is 0. The van der Waals surface area contributed by atoms with E-state index in [1.54, 1.807) is 11.8 Å². The number of carboxylic acid groups (broad SMARTS) is 2. The molecule has 0 aliphatic rings. The lowest BCUT2D eigenvalue weighted by molar-refractivity contribution is -0.117. The highest BCUT2D eigenvalue weighted by molar-refractivity contribution is 7.98. The third-order valence-corrected chi connectivity index (χ3v) is 3.31. The summed E-state index contributed by atoms with van der Waals surface area (Å²) in [6, 6.07) is 2.66. The van der Waals surface area contributed by atoms with E-state index < -0.39 is 23.9 Å². The number of thioether (sulfide) groups is 1. The van der Waals surface area contributed by atoms with Crippen molar-refractivity contribution in [3.05, 3.63) is 29.3 Å². The highest BCUT2D eigenvalue weighted by Gasteiger charge is 2.16. The van der Waals surface area contributed by atoms with Crippen molar-refractivity contribution in [1.29, 1.82) is 0 Å². The smallest absolute Gasteiger partial charge is 0.335 e. The minimum Gasteiger partial charge on any atom is -0.478 e. The van der Waals surface area contributed by atoms with Crippen LogP contribution in [0.15, 0.2) is 18.2 Å². The van der Waals surface area contributed by atoms with Crippen LogP contribution in [0.2, 0.25) is 0 Å². The number of amides is 1. The third-order valence-electron chi connectivity index (χ3n) is 2.66. The zero-order chi connectivity index (χ0) is 16.0. The quantitative estimate of drug-likeness (QED) is 0.593. The van der Waals surface area contributed by atoms with E-state index in [9.17, 15) is 14.4 Å². The standard InChI is InChI=1S/C13H16N2O5S/c1-21-3-2-10(14)11(16)15-9-5-7(12(17)18)4-8(6-9)13(19)20/h4-6,10H,2-3,14H2,1H3,(H,15,16)(H,17,18)(H,19,20)/t10-/m1/s1. The Morgan fingerprint density at radius 1 is 1.19 bits per heavy atom. The van der Waals surface area contributed by atoms with Crippen molar-refractivity contribution in [2.75, 3.05) is 17.3 Å². The number of carboxylic acids is 2. The Morgan fingerprint density at radius 3 is 2.14 bits per heavy atom. The van der Waals surface area contributed by atoms with Crippen LogP contribution in [0.3, 0.4) is 0 Å². The molecule has 8 heteroatoms. The van der Waals surface area contributed by atoms with Crippen LogP contribution in [0.5, 0.6) is 0 Å². The summed E-state index contributed by atoms with van der Waals surface area (Å²) >= 11 is 1.55. The van der Waals surface area contributed by atoms with E-state index in [0.717, 1.165) is 6.07 Å². The van der Waals surface area contributed by atoms with Crippen molar-refractivity contribution in [3.8, 4) is 0 Å². The molecule has 0 aliphatic carbocycles. The van der Waals surface area contributed by atoms with Crippen LogP contribution >= 0.6 is 11.8 Å². The number of rotatable bonds is 7. The van der Waals surface area contributed by atoms with Crippen LogP contribution in [0.4, 0.5) is 5.69 Å². The molecular formula is C13H16N2O5S. The van der Waals surface area contributed by atoms with Crippen molar-refractivity contribution in [2.24, 2.45) is 5.73 Å². The zero-order valence-electron chi connectivity index (χ0n) is 11.3. The monoisotopic (exact) mass is 312 g/mol. The van der Waals surface area contributed by atoms with E-state index in [0.29, 0.717) is 12.2 Å². The lowest BCUT2D eigenvalue weighted by Gasteiger charge is -2.12. The number of nitrogens with one attached hydrogen (secondary N) is 1. The van der Waals surface area contributed by atoms with E-state index in [2.05, 4.69) is 5.32 Å². The van der Waals surface area contributed by atoms with Gasteiger partial charge in [0.2, 0.25) is 5.91 Å². The van der Waals surface area contributed by atoms with Crippen LogP contribution in [0.25, 0.3) is 0 Å². The maximum atomic E-state index is 11.8. The molecule has 0 saturated carbocycles. The van der Waals surface area contributed by atoms with E-state index in [4.69, 9.17) is 15.9 Å². The van der Waals surface area contributed by atoms with Crippen LogP contribution in [0.1, 0.15) is 27.1 Å². The lowest BCUT2D eigenvalue weighted by atomic mass is 10.1. The van der Waals surface area contributed by atoms with Gasteiger partial charge in [0.1, 0.15) is 0 Å². The first-order valence-corrected chi connectivity index (χ1v) is 7.41. The first-order chi connectivity index (χ1) is 9.85. The van der Waals surface area contributed by atoms with Gasteiger partial charge in [-0.2, -0.15) is 11.8 Å². The van der Waals surface area contributed by atoms with E-state index >= 15 is 0 Å². The van der Waals surface area contributed by atoms with Gasteiger partial charge in [0.05, 0.1) is 17.2 Å². The summed E-state index contributed by atoms with van der Waals surface area (Å²) in [5.41, 5.74) is 5.34. The minimum atomic E-state index is -1.28. The Labute approximate surface area is 125 Å². The van der Waals surface area contributed by atoms with Gasteiger partial charge in [-0.25, -0.2) is 9.59 Å². The molecule has 5 N–H and O–H groups in total. The molecule has 0 fully saturated rings. The normalized spacial score (nSPS) is 11.7. The summed E-state index contributed by atoms with van der Waals surface area (Å²) in [6.07, 6.45) is 2.36. The Morgan fingerprint density at radius 2 is 1.71 bits per heavy atom. The molecule has 0 unspecified atom stereocenters. The predicted octanol–water partition coefficient (Wildman–Crippen LogP) is 1.10. The lowest BCUT2D eigenvalue weighted by Crippen LogP contribution is -2.36. The van der Waals surface area contributed by atoms with Crippen molar-refractivity contribution in [2.45, 2.75) is 12.5 Å². The van der Waals surface area contributed by atoms with Gasteiger partial charge in [-0.05, 0) is 36.6 Å². The van der Waals surface area contributed by atoms with Crippen molar-refractivity contribution < 1.29 is 24.6 Å². The maximum Gasteiger partial charge on any atom is 0.335 e. The highest BCUT2D eigenvalue weighted by Crippen LogP contribution is 2.16. The number of anilines is 1. The molecule has 0 aromatic heterocycles. The summed E-state index contributed by atoms with van der Waals surface area (Å²) in [4.78, 5) is 33.8. The molecule has 0 aliphatic heterocycles. The van der Waals surface area contributed by atoms with Gasteiger partial charge in [0.15, 0.2) is 0 Å². The molecule has 1 aromatic rings. The SMILES string of the molecule is CSCC[C@@H](N)C(=O)Nc1cc(C(=O)O)cc(C(=O)O)c1. The number of aromatic carboxylic acids is 2. The number of hydrogen-bond donors (Lipinski definition) is 4. The summed E-state index contributed by atoms with van der Waals surface area (Å²) in [5.74, 6) is -2.33. The number of hydrogen-bond acceptors (Lipinski definition) is 5. The Kier molecular flexibility index (Phi) is 6.19. The number of carbonyl (C=O) groups is 3. The Hall–Kier alpha value is -2.06. The van der Waals surface area contributed by atoms with Crippen LogP contribution < -0.4 is 11.1 Å². The fraction of sp³-hybridized carbons (Fsp3) is 0.308. The second-order valence-corrected chi connectivity index (χ2v) is 5.27. The number of carbonyl (C=O) groups excluding carboxylic acids is 1. The van der Waals surface area contributed by atoms with Gasteiger partial charge in [-0.3, -0.25) is 4.79 Å². The molecule has 1 aromatic carbocycles. The predicted molar refractivity (Wildman–Crippen MR) is 80.0 cm³/mol. The van der Waals surface area contributed by atoms with Gasteiger partial charge < -0.3 is 21.3 Å². The van der Waals surface area contributed by atoms with Crippen molar-refractivity contribution in [3.63, 3.8) is 0 Å². The van der Waals surface area contributed by atoms with E-state index in [1.807, 2.05) is 6.26 Å². The molecule has 0 spiro atoms. The van der Waals surface area contributed by atoms with Gasteiger partial charge in [0.25, 0.3) is 0 Å². The molecule has 1 amide bonds. The first-order valence-electron chi connectivity index (χ1n) is 6.02. The van der Waals surface area contributed by atoms with Crippen molar-refractivity contribution in [1.82, 2.24) is 0 Å². The van der Waals surface area contributed by atoms with Gasteiger partial charge in [-0.15, -0.1) is 0 Å². The largest absolute Gasteiger partial charge is 0.478 e. The van der Waals surface area contributed by atoms with Gasteiger partial charge in [-0.1, -0.05) is 0 Å². The van der Waals surface area contributed by atoms with Gasteiger partial charge >= 0.3 is 11.9 Å². The molecule has 0 radical (unpaired) electrons. The molecule has 0 saturated heterocycles. The van der Waals surface area contributed by atoms with Gasteiger partial charge in [0, 0.05) is 5.69 Å². The molecule has 0 heterocycles. The number of benzene rings is 1. The second kappa shape index (κ2) is 7.65. The van der Waals surface area contributed by atoms with Crippen LogP contribution in [-0.4, -0.2) is 46.1 Å². The van der Waals surface area contributed by atoms with E-state index in [1.165, 1.54) is 12.1 Å². The van der Waals surface area contributed by atoms with Crippen LogP contribution in [-0.2, 0) is 4.79 Å². The average Bonchev–Trinajstić information content (AvgIpc) is 2.44. The summed E-state index contributed by atoms with van der Waals surface area (Å²) in [7, 11) is 0. The number of nitrogens with two attached hydrogens (primary N) is 1. The Bertz CT molecular complexity index is 529. The third kappa shape index (κ3) is 5.09. The molecule has 114 valence electrons. The Balaban J connectivity index is 2.94. The average molecular weight is 312 g/mol. The van der Waals surface area contributed by atoms with Crippen LogP contribution in [0, 0.1) is 0 Å². The minimum absolute atomic E-state index is 0.0944. The molecule has 21 heavy (non-hydrogen) atoms. The maximum absolute atomic E-state index is 11.8. The fourth-order valence-corrected chi connectivity index (χ4v) is 2.05. The summed E-state index contributed by atoms with van der Waals surface area (Å²) < 4.78 is 0. The zero-order valence-corrected chi connectivity index (χ0v) is 12.1. The fourth-order valence-electron chi connectivity index (χ4n) is 1.56. The second-order valence-electron chi connectivity index (χ2n) is 4.29. The summed E-state index contributed by atoms with van der Waals surface area (Å²) in [5, 5.41) is 20.3. The molecule has 1 rings (SSSR count). The topological polar surface area (TPSA) is 130 Å². The highest BCUT2D eigenvalue weighted by atomic mass is 32.2. The first kappa shape index (κ1) is 17.0. The molecule has 1 atom stereocenters. The molecule has 7 nitrogen and oxygen atoms in total. The molecule has 0 bridgehead atoms.